The lowest BCUT2D eigenvalue weighted by atomic mass is 10.1. The van der Waals surface area contributed by atoms with Gasteiger partial charge in [-0.2, -0.15) is 0 Å². The summed E-state index contributed by atoms with van der Waals surface area (Å²) in [4.78, 5) is 27.6. The summed E-state index contributed by atoms with van der Waals surface area (Å²) < 4.78 is 0. The largest absolute Gasteiger partial charge is 0.355 e. The molecule has 1 atom stereocenters. The Morgan fingerprint density at radius 1 is 1.25 bits per heavy atom. The van der Waals surface area contributed by atoms with Crippen LogP contribution in [0.5, 0.6) is 0 Å². The zero-order valence-electron chi connectivity index (χ0n) is 12.7. The summed E-state index contributed by atoms with van der Waals surface area (Å²) in [6.07, 6.45) is 1.47. The highest BCUT2D eigenvalue weighted by molar-refractivity contribution is 5.78. The third-order valence-electron chi connectivity index (χ3n) is 3.59. The van der Waals surface area contributed by atoms with Crippen molar-refractivity contribution in [1.29, 1.82) is 0 Å². The Hall–Kier alpha value is -1.14. The van der Waals surface area contributed by atoms with E-state index in [9.17, 15) is 9.59 Å². The zero-order valence-corrected chi connectivity index (χ0v) is 12.7. The van der Waals surface area contributed by atoms with Crippen molar-refractivity contribution in [3.8, 4) is 0 Å². The van der Waals surface area contributed by atoms with Crippen LogP contribution in [0.1, 0.15) is 26.7 Å². The molecule has 2 amide bonds. The Balaban J connectivity index is 2.25. The second-order valence-corrected chi connectivity index (χ2v) is 5.55. The van der Waals surface area contributed by atoms with Crippen LogP contribution in [0.2, 0.25) is 0 Å². The fourth-order valence-electron chi connectivity index (χ4n) is 2.19. The lowest BCUT2D eigenvalue weighted by molar-refractivity contribution is -0.134. The van der Waals surface area contributed by atoms with Gasteiger partial charge in [-0.15, -0.1) is 0 Å². The number of piperazine rings is 1. The standard InChI is InChI=1S/C14H28N4O2/c1-3-4-16-13(19)11-17-5-7-18(8-6-17)14(20)9-12(2)10-15/h12H,3-11,15H2,1-2H3,(H,16,19). The Bertz CT molecular complexity index is 314. The van der Waals surface area contributed by atoms with Gasteiger partial charge in [-0.25, -0.2) is 0 Å². The van der Waals surface area contributed by atoms with Gasteiger partial charge in [-0.05, 0) is 18.9 Å². The van der Waals surface area contributed by atoms with E-state index < -0.39 is 0 Å². The third kappa shape index (κ3) is 5.88. The normalized spacial score (nSPS) is 17.9. The first-order chi connectivity index (χ1) is 9.56. The van der Waals surface area contributed by atoms with Gasteiger partial charge in [-0.1, -0.05) is 13.8 Å². The number of rotatable bonds is 7. The molecule has 1 heterocycles. The fraction of sp³-hybridized carbons (Fsp3) is 0.857. The highest BCUT2D eigenvalue weighted by atomic mass is 16.2. The second-order valence-electron chi connectivity index (χ2n) is 5.55. The third-order valence-corrected chi connectivity index (χ3v) is 3.59. The van der Waals surface area contributed by atoms with E-state index in [2.05, 4.69) is 10.2 Å². The van der Waals surface area contributed by atoms with Crippen LogP contribution in [0.15, 0.2) is 0 Å². The molecule has 1 fully saturated rings. The maximum absolute atomic E-state index is 12.0. The maximum atomic E-state index is 12.0. The molecule has 116 valence electrons. The van der Waals surface area contributed by atoms with Crippen LogP contribution in [0.25, 0.3) is 0 Å². The first kappa shape index (κ1) is 16.9. The van der Waals surface area contributed by atoms with Crippen molar-refractivity contribution in [2.75, 3.05) is 45.8 Å². The van der Waals surface area contributed by atoms with Crippen LogP contribution >= 0.6 is 0 Å². The molecule has 0 saturated carbocycles. The van der Waals surface area contributed by atoms with E-state index in [4.69, 9.17) is 5.73 Å². The summed E-state index contributed by atoms with van der Waals surface area (Å²) in [6, 6.07) is 0. The molecule has 1 aliphatic heterocycles. The molecule has 6 heteroatoms. The first-order valence-electron chi connectivity index (χ1n) is 7.53. The van der Waals surface area contributed by atoms with E-state index in [1.165, 1.54) is 0 Å². The van der Waals surface area contributed by atoms with E-state index in [0.29, 0.717) is 32.6 Å². The average molecular weight is 284 g/mol. The van der Waals surface area contributed by atoms with Crippen LogP contribution in [-0.4, -0.2) is 67.4 Å². The number of carbonyl (C=O) groups is 2. The lowest BCUT2D eigenvalue weighted by Crippen LogP contribution is -2.51. The van der Waals surface area contributed by atoms with Gasteiger partial charge in [-0.3, -0.25) is 14.5 Å². The summed E-state index contributed by atoms with van der Waals surface area (Å²) in [5.41, 5.74) is 5.54. The predicted molar refractivity (Wildman–Crippen MR) is 79.2 cm³/mol. The summed E-state index contributed by atoms with van der Waals surface area (Å²) >= 11 is 0. The van der Waals surface area contributed by atoms with Crippen molar-refractivity contribution in [3.05, 3.63) is 0 Å². The number of nitrogens with one attached hydrogen (secondary N) is 1. The van der Waals surface area contributed by atoms with E-state index in [1.54, 1.807) is 0 Å². The molecule has 20 heavy (non-hydrogen) atoms. The van der Waals surface area contributed by atoms with E-state index in [1.807, 2.05) is 18.7 Å². The van der Waals surface area contributed by atoms with Crippen molar-refractivity contribution in [2.24, 2.45) is 11.7 Å². The molecule has 0 aromatic rings. The Morgan fingerprint density at radius 2 is 1.90 bits per heavy atom. The number of nitrogens with two attached hydrogens (primary N) is 1. The van der Waals surface area contributed by atoms with Crippen LogP contribution < -0.4 is 11.1 Å². The van der Waals surface area contributed by atoms with Crippen molar-refractivity contribution >= 4 is 11.8 Å². The first-order valence-corrected chi connectivity index (χ1v) is 7.53. The molecule has 1 aliphatic rings. The molecule has 0 aromatic carbocycles. The molecular formula is C14H28N4O2. The molecule has 0 spiro atoms. The number of nitrogens with zero attached hydrogens (tertiary/aromatic N) is 2. The number of hydrogen-bond donors (Lipinski definition) is 2. The highest BCUT2D eigenvalue weighted by Gasteiger charge is 2.22. The van der Waals surface area contributed by atoms with Crippen LogP contribution in [0.4, 0.5) is 0 Å². The zero-order chi connectivity index (χ0) is 15.0. The number of hydrogen-bond acceptors (Lipinski definition) is 4. The minimum absolute atomic E-state index is 0.0726. The van der Waals surface area contributed by atoms with Gasteiger partial charge >= 0.3 is 0 Å². The molecule has 0 aromatic heterocycles. The molecule has 0 bridgehead atoms. The minimum Gasteiger partial charge on any atom is -0.355 e. The second kappa shape index (κ2) is 8.92. The summed E-state index contributed by atoms with van der Waals surface area (Å²) in [7, 11) is 0. The van der Waals surface area contributed by atoms with Crippen LogP contribution in [0.3, 0.4) is 0 Å². The molecule has 0 radical (unpaired) electrons. The van der Waals surface area contributed by atoms with Gasteiger partial charge in [0.1, 0.15) is 0 Å². The van der Waals surface area contributed by atoms with Crippen molar-refractivity contribution < 1.29 is 9.59 Å². The minimum atomic E-state index is 0.0726. The molecule has 0 aliphatic carbocycles. The van der Waals surface area contributed by atoms with E-state index >= 15 is 0 Å². The Kier molecular flexibility index (Phi) is 7.54. The Labute approximate surface area is 121 Å². The SMILES string of the molecule is CCCNC(=O)CN1CCN(C(=O)CC(C)CN)CC1. The van der Waals surface area contributed by atoms with Gasteiger partial charge in [0.25, 0.3) is 0 Å². The van der Waals surface area contributed by atoms with Gasteiger partial charge in [0.15, 0.2) is 0 Å². The molecular weight excluding hydrogens is 256 g/mol. The maximum Gasteiger partial charge on any atom is 0.234 e. The van der Waals surface area contributed by atoms with Gasteiger partial charge in [0.2, 0.25) is 11.8 Å². The molecule has 1 unspecified atom stereocenters. The van der Waals surface area contributed by atoms with Crippen LogP contribution in [0, 0.1) is 5.92 Å². The van der Waals surface area contributed by atoms with Gasteiger partial charge in [0.05, 0.1) is 6.54 Å². The topological polar surface area (TPSA) is 78.7 Å². The highest BCUT2D eigenvalue weighted by Crippen LogP contribution is 2.07. The molecule has 6 nitrogen and oxygen atoms in total. The lowest BCUT2D eigenvalue weighted by Gasteiger charge is -2.34. The van der Waals surface area contributed by atoms with E-state index in [0.717, 1.165) is 26.1 Å². The van der Waals surface area contributed by atoms with Crippen molar-refractivity contribution in [3.63, 3.8) is 0 Å². The summed E-state index contributed by atoms with van der Waals surface area (Å²) in [6.45, 7) is 8.68. The van der Waals surface area contributed by atoms with E-state index in [-0.39, 0.29) is 17.7 Å². The average Bonchev–Trinajstić information content (AvgIpc) is 2.45. The van der Waals surface area contributed by atoms with Crippen molar-refractivity contribution in [2.45, 2.75) is 26.7 Å². The molecule has 3 N–H and O–H groups in total. The van der Waals surface area contributed by atoms with Crippen LogP contribution in [-0.2, 0) is 9.59 Å². The molecule has 1 saturated heterocycles. The fourth-order valence-corrected chi connectivity index (χ4v) is 2.19. The smallest absolute Gasteiger partial charge is 0.234 e. The van der Waals surface area contributed by atoms with Crippen molar-refractivity contribution in [1.82, 2.24) is 15.1 Å². The Morgan fingerprint density at radius 3 is 2.45 bits per heavy atom. The summed E-state index contributed by atoms with van der Waals surface area (Å²) in [5, 5.41) is 2.87. The van der Waals surface area contributed by atoms with Gasteiger partial charge in [0, 0.05) is 39.1 Å². The number of carbonyl (C=O) groups excluding carboxylic acids is 2. The summed E-state index contributed by atoms with van der Waals surface area (Å²) in [5.74, 6) is 0.488. The molecule has 1 rings (SSSR count). The van der Waals surface area contributed by atoms with Gasteiger partial charge < -0.3 is 16.0 Å². The monoisotopic (exact) mass is 284 g/mol. The predicted octanol–water partition coefficient (Wildman–Crippen LogP) is -0.358. The number of amides is 2. The quantitative estimate of drug-likeness (QED) is 0.669.